The number of hydrogen-bond acceptors (Lipinski definition) is 13. The summed E-state index contributed by atoms with van der Waals surface area (Å²) in [5, 5.41) is 48.6. The van der Waals surface area contributed by atoms with Gasteiger partial charge in [-0.2, -0.15) is 8.42 Å². The topological polar surface area (TPSA) is 244 Å². The summed E-state index contributed by atoms with van der Waals surface area (Å²) in [6, 6.07) is 19.8. The summed E-state index contributed by atoms with van der Waals surface area (Å²) in [7, 11) is -5.07. The molecule has 1 fully saturated rings. The zero-order valence-corrected chi connectivity index (χ0v) is 39.1. The molecule has 1 saturated heterocycles. The molecule has 3 aromatic rings. The Kier molecular flexibility index (Phi) is 19.9. The number of hydrogen-bond donors (Lipinski definition) is 6. The molecule has 5 rings (SSSR count). The van der Waals surface area contributed by atoms with Crippen molar-refractivity contribution in [1.29, 1.82) is 0 Å². The van der Waals surface area contributed by atoms with Gasteiger partial charge in [0.25, 0.3) is 0 Å². The van der Waals surface area contributed by atoms with Gasteiger partial charge in [0, 0.05) is 36.8 Å². The molecule has 19 heteroatoms. The fraction of sp³-hybridized carbons (Fsp3) is 0.525. The summed E-state index contributed by atoms with van der Waals surface area (Å²) >= 11 is 0. The standard InChI is InChI=1S/C38H51N3O12S2.C2H5O.K/c1-5-7-18-38(6-2)23-54(46,47)30-17-16-27(41(3)4)20-28(30)31(35(38)44)25-14-11-15-26(19-25)39-37(45)40-36-33(43)34(51-21-24-12-9-8-10-13-24)32(42)29(53-36)22-52-55(48,49)50;1-2-3;/h8-17,19-20,29,31-36,42-44H,5-7,18,21-23H2,1-4H3,(H2,39,40,45)(H,48,49,50);2H2,1H3;/q;-1;+1/t29-,31-,32-,33-,34+,35-,36-,38-;;/m1../s1. The first-order chi connectivity index (χ1) is 27.4. The Bertz CT molecular complexity index is 2030. The molecule has 0 aliphatic carbocycles. The number of ether oxygens (including phenoxy) is 2. The van der Waals surface area contributed by atoms with Crippen LogP contribution >= 0.6 is 0 Å². The van der Waals surface area contributed by atoms with Crippen LogP contribution < -0.4 is 72.0 Å². The first kappa shape index (κ1) is 51.3. The SMILES string of the molecule is CCCC[C@]1(CC)CS(=O)(=O)c2ccc(N(C)C)cc2[C@@H](c2cccc(NC(=O)N[C@@H]3O[C@H](COS(=O)(=O)O)[C@@H](O)[C@H](OCc4ccccc4)[C@H]3O)c2)[C@H]1O.CC[O-].[K+]. The molecule has 2 aliphatic rings. The van der Waals surface area contributed by atoms with E-state index in [1.165, 1.54) is 0 Å². The van der Waals surface area contributed by atoms with Gasteiger partial charge in [0.2, 0.25) is 0 Å². The van der Waals surface area contributed by atoms with Crippen LogP contribution in [0.15, 0.2) is 77.7 Å². The molecule has 322 valence electrons. The van der Waals surface area contributed by atoms with E-state index in [2.05, 4.69) is 14.8 Å². The van der Waals surface area contributed by atoms with Gasteiger partial charge in [0.1, 0.15) is 24.4 Å². The third-order valence-electron chi connectivity index (χ3n) is 10.5. The average molecular weight is 890 g/mol. The van der Waals surface area contributed by atoms with Crippen molar-refractivity contribution in [2.75, 3.05) is 43.3 Å². The number of nitrogens with one attached hydrogen (secondary N) is 2. The van der Waals surface area contributed by atoms with Crippen molar-refractivity contribution in [2.45, 2.75) is 101 Å². The maximum Gasteiger partial charge on any atom is 1.00 e. The molecule has 0 spiro atoms. The predicted molar refractivity (Wildman–Crippen MR) is 215 cm³/mol. The van der Waals surface area contributed by atoms with Crippen LogP contribution in [0.25, 0.3) is 0 Å². The maximum absolute atomic E-state index is 14.0. The molecule has 0 unspecified atom stereocenters. The molecule has 16 nitrogen and oxygen atoms in total. The third kappa shape index (κ3) is 13.5. The predicted octanol–water partition coefficient (Wildman–Crippen LogP) is -0.0371. The van der Waals surface area contributed by atoms with Crippen LogP contribution in [0.3, 0.4) is 0 Å². The van der Waals surface area contributed by atoms with Crippen LogP contribution in [0.5, 0.6) is 0 Å². The minimum Gasteiger partial charge on any atom is -0.855 e. The van der Waals surface area contributed by atoms with Crippen molar-refractivity contribution in [3.05, 3.63) is 89.5 Å². The molecular weight excluding hydrogens is 834 g/mol. The van der Waals surface area contributed by atoms with Crippen LogP contribution in [0.1, 0.15) is 69.1 Å². The molecule has 6 N–H and O–H groups in total. The van der Waals surface area contributed by atoms with Crippen molar-refractivity contribution in [1.82, 2.24) is 5.32 Å². The molecular formula is C40H56KN3O13S2. The number of aliphatic hydroxyl groups excluding tert-OH is 3. The number of fused-ring (bicyclic) bond motifs is 1. The summed E-state index contributed by atoms with van der Waals surface area (Å²) in [6.45, 7) is 4.57. The molecule has 0 aromatic heterocycles. The summed E-state index contributed by atoms with van der Waals surface area (Å²) < 4.78 is 75.7. The van der Waals surface area contributed by atoms with Gasteiger partial charge in [-0.05, 0) is 59.9 Å². The fourth-order valence-electron chi connectivity index (χ4n) is 7.42. The zero-order valence-electron chi connectivity index (χ0n) is 34.4. The van der Waals surface area contributed by atoms with Crippen LogP contribution in [-0.2, 0) is 40.5 Å². The Morgan fingerprint density at radius 3 is 2.29 bits per heavy atom. The number of carbonyl (C=O) groups is 1. The Labute approximate surface area is 389 Å². The molecule has 8 atom stereocenters. The Morgan fingerprint density at radius 2 is 1.68 bits per heavy atom. The smallest absolute Gasteiger partial charge is 0.855 e. The van der Waals surface area contributed by atoms with Crippen LogP contribution in [0, 0.1) is 5.41 Å². The van der Waals surface area contributed by atoms with Gasteiger partial charge in [-0.1, -0.05) is 76.1 Å². The molecule has 0 saturated carbocycles. The summed E-state index contributed by atoms with van der Waals surface area (Å²) in [5.41, 5.74) is 1.78. The number of aliphatic hydroxyl groups is 3. The van der Waals surface area contributed by atoms with Gasteiger partial charge < -0.3 is 45.4 Å². The van der Waals surface area contributed by atoms with Gasteiger partial charge in [-0.3, -0.25) is 4.55 Å². The van der Waals surface area contributed by atoms with E-state index in [1.807, 2.05) is 32.8 Å². The number of benzene rings is 3. The largest absolute Gasteiger partial charge is 1.00 e. The van der Waals surface area contributed by atoms with Gasteiger partial charge in [-0.15, -0.1) is 6.61 Å². The van der Waals surface area contributed by atoms with E-state index in [4.69, 9.17) is 19.1 Å². The van der Waals surface area contributed by atoms with E-state index in [-0.39, 0.29) is 80.9 Å². The van der Waals surface area contributed by atoms with Gasteiger partial charge in [-0.25, -0.2) is 17.4 Å². The molecule has 0 radical (unpaired) electrons. The van der Waals surface area contributed by atoms with Crippen LogP contribution in [0.2, 0.25) is 0 Å². The second-order valence-electron chi connectivity index (χ2n) is 14.7. The minimum atomic E-state index is -4.93. The number of unbranched alkanes of at least 4 members (excludes halogenated alkanes) is 1. The van der Waals surface area contributed by atoms with E-state index in [9.17, 15) is 36.9 Å². The zero-order chi connectivity index (χ0) is 42.8. The minimum absolute atomic E-state index is 0. The first-order valence-corrected chi connectivity index (χ1v) is 22.2. The number of rotatable bonds is 14. The van der Waals surface area contributed by atoms with E-state index < -0.39 is 81.0 Å². The van der Waals surface area contributed by atoms with E-state index >= 15 is 0 Å². The number of amides is 2. The summed E-state index contributed by atoms with van der Waals surface area (Å²) in [6.07, 6.45) is -6.32. The van der Waals surface area contributed by atoms with Crippen molar-refractivity contribution in [2.24, 2.45) is 5.41 Å². The number of carbonyl (C=O) groups excluding carboxylic acids is 1. The fourth-order valence-corrected chi connectivity index (χ4v) is 9.98. The molecule has 3 aromatic carbocycles. The van der Waals surface area contributed by atoms with Crippen molar-refractivity contribution >= 4 is 37.6 Å². The third-order valence-corrected chi connectivity index (χ3v) is 12.9. The van der Waals surface area contributed by atoms with Crippen molar-refractivity contribution < 1.29 is 112 Å². The Balaban J connectivity index is 0.00000225. The van der Waals surface area contributed by atoms with E-state index in [0.717, 1.165) is 18.5 Å². The van der Waals surface area contributed by atoms with E-state index in [0.29, 0.717) is 29.5 Å². The molecule has 59 heavy (non-hydrogen) atoms. The van der Waals surface area contributed by atoms with Crippen molar-refractivity contribution in [3.63, 3.8) is 0 Å². The summed E-state index contributed by atoms with van der Waals surface area (Å²) in [4.78, 5) is 15.5. The normalized spacial score (nSPS) is 26.2. The average Bonchev–Trinajstić information content (AvgIpc) is 3.24. The first-order valence-electron chi connectivity index (χ1n) is 19.2. The quantitative estimate of drug-likeness (QED) is 0.0920. The molecule has 2 aliphatic heterocycles. The van der Waals surface area contributed by atoms with E-state index in [1.54, 1.807) is 79.7 Å². The van der Waals surface area contributed by atoms with Gasteiger partial charge >= 0.3 is 67.8 Å². The summed E-state index contributed by atoms with van der Waals surface area (Å²) in [5.74, 6) is -1.00. The van der Waals surface area contributed by atoms with Crippen LogP contribution in [0.4, 0.5) is 16.2 Å². The molecule has 0 bridgehead atoms. The Morgan fingerprint density at radius 1 is 1.00 bits per heavy atom. The monoisotopic (exact) mass is 889 g/mol. The van der Waals surface area contributed by atoms with Crippen molar-refractivity contribution in [3.8, 4) is 0 Å². The second-order valence-corrected chi connectivity index (χ2v) is 17.7. The Hall–Kier alpha value is -2.05. The second kappa shape index (κ2) is 22.9. The number of urea groups is 1. The molecule has 2 amide bonds. The number of sulfone groups is 1. The van der Waals surface area contributed by atoms with Gasteiger partial charge in [0.15, 0.2) is 16.1 Å². The van der Waals surface area contributed by atoms with Gasteiger partial charge in [0.05, 0.1) is 30.0 Å². The maximum atomic E-state index is 14.0. The number of nitrogens with zero attached hydrogens (tertiary/aromatic N) is 1. The number of anilines is 2. The molecule has 2 heterocycles. The van der Waals surface area contributed by atoms with Crippen LogP contribution in [-0.4, -0.2) is 113 Å².